The molecule has 0 fully saturated rings. The Morgan fingerprint density at radius 2 is 1.88 bits per heavy atom. The average Bonchev–Trinajstić information content (AvgIpc) is 3.06. The molecule has 8 heteroatoms. The zero-order valence-corrected chi connectivity index (χ0v) is 15.2. The number of carbonyl (C=O) groups excluding carboxylic acids is 1. The molecule has 3 rings (SSSR count). The number of benzene rings is 1. The summed E-state index contributed by atoms with van der Waals surface area (Å²) in [5.74, 6) is 1.19. The van der Waals surface area contributed by atoms with Crippen molar-refractivity contribution in [1.82, 2.24) is 25.3 Å². The van der Waals surface area contributed by atoms with Crippen LogP contribution in [0.25, 0.3) is 5.82 Å². The SMILES string of the molecule is Cc1ccn(-c2ccc(NCCNC(=O)c3ccc(Br)cc3)nn2)n1. The molecule has 0 bridgehead atoms. The fourth-order valence-corrected chi connectivity index (χ4v) is 2.42. The molecule has 0 aliphatic carbocycles. The van der Waals surface area contributed by atoms with E-state index in [1.54, 1.807) is 16.8 Å². The minimum absolute atomic E-state index is 0.107. The third kappa shape index (κ3) is 4.63. The number of aryl methyl sites for hydroxylation is 1. The largest absolute Gasteiger partial charge is 0.367 e. The van der Waals surface area contributed by atoms with E-state index in [1.165, 1.54) is 0 Å². The van der Waals surface area contributed by atoms with E-state index in [1.807, 2.05) is 43.5 Å². The minimum atomic E-state index is -0.107. The van der Waals surface area contributed by atoms with Crippen molar-refractivity contribution in [2.75, 3.05) is 18.4 Å². The molecule has 0 spiro atoms. The van der Waals surface area contributed by atoms with Gasteiger partial charge in [0.2, 0.25) is 0 Å². The predicted molar refractivity (Wildman–Crippen MR) is 98.9 cm³/mol. The van der Waals surface area contributed by atoms with Gasteiger partial charge in [0.25, 0.3) is 5.91 Å². The first-order chi connectivity index (χ1) is 12.1. The van der Waals surface area contributed by atoms with Crippen LogP contribution in [0, 0.1) is 6.92 Å². The monoisotopic (exact) mass is 400 g/mol. The zero-order valence-electron chi connectivity index (χ0n) is 13.6. The maximum atomic E-state index is 12.0. The van der Waals surface area contributed by atoms with Crippen molar-refractivity contribution in [2.24, 2.45) is 0 Å². The topological polar surface area (TPSA) is 84.7 Å². The quantitative estimate of drug-likeness (QED) is 0.621. The number of amides is 1. The Bertz CT molecular complexity index is 844. The Morgan fingerprint density at radius 3 is 2.52 bits per heavy atom. The van der Waals surface area contributed by atoms with Crippen LogP contribution >= 0.6 is 15.9 Å². The fourth-order valence-electron chi connectivity index (χ4n) is 2.15. The number of hydrogen-bond acceptors (Lipinski definition) is 5. The molecule has 0 unspecified atom stereocenters. The van der Waals surface area contributed by atoms with Crippen LogP contribution in [0.2, 0.25) is 0 Å². The molecule has 1 aromatic carbocycles. The minimum Gasteiger partial charge on any atom is -0.367 e. The van der Waals surface area contributed by atoms with Crippen molar-refractivity contribution < 1.29 is 4.79 Å². The van der Waals surface area contributed by atoms with Gasteiger partial charge in [0.15, 0.2) is 5.82 Å². The zero-order chi connectivity index (χ0) is 17.6. The van der Waals surface area contributed by atoms with Gasteiger partial charge in [-0.25, -0.2) is 4.68 Å². The van der Waals surface area contributed by atoms with E-state index in [-0.39, 0.29) is 5.91 Å². The highest BCUT2D eigenvalue weighted by Crippen LogP contribution is 2.10. The number of hydrogen-bond donors (Lipinski definition) is 2. The van der Waals surface area contributed by atoms with Crippen LogP contribution in [-0.4, -0.2) is 39.0 Å². The lowest BCUT2D eigenvalue weighted by atomic mass is 10.2. The van der Waals surface area contributed by atoms with Gasteiger partial charge < -0.3 is 10.6 Å². The third-order valence-electron chi connectivity index (χ3n) is 3.43. The molecule has 0 radical (unpaired) electrons. The van der Waals surface area contributed by atoms with Gasteiger partial charge in [0.1, 0.15) is 5.82 Å². The summed E-state index contributed by atoms with van der Waals surface area (Å²) in [5.41, 5.74) is 1.55. The molecule has 128 valence electrons. The molecule has 2 heterocycles. The molecule has 25 heavy (non-hydrogen) atoms. The van der Waals surface area contributed by atoms with Gasteiger partial charge in [-0.3, -0.25) is 4.79 Å². The van der Waals surface area contributed by atoms with Crippen LogP contribution in [0.5, 0.6) is 0 Å². The molecular weight excluding hydrogens is 384 g/mol. The first kappa shape index (κ1) is 17.1. The van der Waals surface area contributed by atoms with Crippen LogP contribution < -0.4 is 10.6 Å². The Kier molecular flexibility index (Phi) is 5.39. The highest BCUT2D eigenvalue weighted by atomic mass is 79.9. The number of nitrogens with zero attached hydrogens (tertiary/aromatic N) is 4. The Labute approximate surface area is 153 Å². The lowest BCUT2D eigenvalue weighted by Crippen LogP contribution is -2.28. The van der Waals surface area contributed by atoms with Gasteiger partial charge in [0, 0.05) is 29.3 Å². The molecule has 0 aliphatic heterocycles. The molecule has 1 amide bonds. The Balaban J connectivity index is 1.46. The first-order valence-corrected chi connectivity index (χ1v) is 8.55. The van der Waals surface area contributed by atoms with Crippen molar-refractivity contribution in [3.05, 3.63) is 64.4 Å². The van der Waals surface area contributed by atoms with Gasteiger partial charge in [-0.1, -0.05) is 15.9 Å². The van der Waals surface area contributed by atoms with E-state index in [2.05, 4.69) is 41.9 Å². The lowest BCUT2D eigenvalue weighted by molar-refractivity contribution is 0.0955. The standard InChI is InChI=1S/C17H17BrN6O/c1-12-8-11-24(23-12)16-7-6-15(21-22-16)19-9-10-20-17(25)13-2-4-14(18)5-3-13/h2-8,11H,9-10H2,1H3,(H,19,21)(H,20,25). The van der Waals surface area contributed by atoms with Crippen molar-refractivity contribution in [2.45, 2.75) is 6.92 Å². The molecule has 0 saturated heterocycles. The number of nitrogens with one attached hydrogen (secondary N) is 2. The smallest absolute Gasteiger partial charge is 0.251 e. The number of rotatable bonds is 6. The summed E-state index contributed by atoms with van der Waals surface area (Å²) in [6, 6.07) is 12.8. The summed E-state index contributed by atoms with van der Waals surface area (Å²) < 4.78 is 2.61. The van der Waals surface area contributed by atoms with Gasteiger partial charge in [-0.15, -0.1) is 10.2 Å². The van der Waals surface area contributed by atoms with E-state index in [0.29, 0.717) is 30.3 Å². The van der Waals surface area contributed by atoms with Crippen molar-refractivity contribution >= 4 is 27.7 Å². The van der Waals surface area contributed by atoms with E-state index in [4.69, 9.17) is 0 Å². The van der Waals surface area contributed by atoms with Crippen LogP contribution in [0.1, 0.15) is 16.1 Å². The van der Waals surface area contributed by atoms with Crippen molar-refractivity contribution in [3.63, 3.8) is 0 Å². The summed E-state index contributed by atoms with van der Waals surface area (Å²) in [7, 11) is 0. The van der Waals surface area contributed by atoms with Crippen LogP contribution in [-0.2, 0) is 0 Å². The average molecular weight is 401 g/mol. The Morgan fingerprint density at radius 1 is 1.08 bits per heavy atom. The maximum Gasteiger partial charge on any atom is 0.251 e. The summed E-state index contributed by atoms with van der Waals surface area (Å²) in [4.78, 5) is 12.0. The number of halogens is 1. The maximum absolute atomic E-state index is 12.0. The predicted octanol–water partition coefficient (Wildman–Crippen LogP) is 2.58. The van der Waals surface area contributed by atoms with Crippen molar-refractivity contribution in [3.8, 4) is 5.82 Å². The second kappa shape index (κ2) is 7.89. The molecule has 3 aromatic rings. The van der Waals surface area contributed by atoms with Crippen LogP contribution in [0.4, 0.5) is 5.82 Å². The Hall–Kier alpha value is -2.74. The summed E-state index contributed by atoms with van der Waals surface area (Å²) in [6.07, 6.45) is 1.84. The molecule has 0 atom stereocenters. The number of aromatic nitrogens is 4. The highest BCUT2D eigenvalue weighted by Gasteiger charge is 2.05. The fraction of sp³-hybridized carbons (Fsp3) is 0.176. The lowest BCUT2D eigenvalue weighted by Gasteiger charge is -2.07. The molecule has 0 aliphatic rings. The molecular formula is C17H17BrN6O. The van der Waals surface area contributed by atoms with E-state index >= 15 is 0 Å². The first-order valence-electron chi connectivity index (χ1n) is 7.76. The second-order valence-corrected chi connectivity index (χ2v) is 6.28. The van der Waals surface area contributed by atoms with E-state index < -0.39 is 0 Å². The van der Waals surface area contributed by atoms with Gasteiger partial charge in [0.05, 0.1) is 5.69 Å². The third-order valence-corrected chi connectivity index (χ3v) is 3.96. The van der Waals surface area contributed by atoms with Gasteiger partial charge in [-0.2, -0.15) is 5.10 Å². The highest BCUT2D eigenvalue weighted by molar-refractivity contribution is 9.10. The van der Waals surface area contributed by atoms with Gasteiger partial charge >= 0.3 is 0 Å². The molecule has 0 saturated carbocycles. The van der Waals surface area contributed by atoms with Crippen molar-refractivity contribution in [1.29, 1.82) is 0 Å². The summed E-state index contributed by atoms with van der Waals surface area (Å²) in [5, 5.41) is 18.5. The number of anilines is 1. The second-order valence-electron chi connectivity index (χ2n) is 5.37. The van der Waals surface area contributed by atoms with Gasteiger partial charge in [-0.05, 0) is 49.4 Å². The molecule has 7 nitrogen and oxygen atoms in total. The normalized spacial score (nSPS) is 10.5. The van der Waals surface area contributed by atoms with E-state index in [9.17, 15) is 4.79 Å². The van der Waals surface area contributed by atoms with Crippen LogP contribution in [0.3, 0.4) is 0 Å². The summed E-state index contributed by atoms with van der Waals surface area (Å²) in [6.45, 7) is 2.95. The van der Waals surface area contributed by atoms with E-state index in [0.717, 1.165) is 10.2 Å². The molecule has 2 aromatic heterocycles. The molecule has 2 N–H and O–H groups in total. The summed E-state index contributed by atoms with van der Waals surface area (Å²) >= 11 is 3.35. The number of carbonyl (C=O) groups is 1. The van der Waals surface area contributed by atoms with Crippen LogP contribution in [0.15, 0.2) is 53.1 Å².